The molecule has 0 radical (unpaired) electrons. The summed E-state index contributed by atoms with van der Waals surface area (Å²) in [7, 11) is 0. The molecule has 8 heteroatoms. The Balaban J connectivity index is 2.41. The van der Waals surface area contributed by atoms with E-state index in [4.69, 9.17) is 40.0 Å². The summed E-state index contributed by atoms with van der Waals surface area (Å²) < 4.78 is 19.2. The molecule has 0 saturated carbocycles. The highest BCUT2D eigenvalue weighted by Gasteiger charge is 2.16. The van der Waals surface area contributed by atoms with E-state index in [1.807, 2.05) is 6.92 Å². The molecule has 0 aromatic heterocycles. The van der Waals surface area contributed by atoms with Gasteiger partial charge in [0.05, 0.1) is 0 Å². The molecule has 0 fully saturated rings. The average molecular weight is 346 g/mol. The predicted octanol–water partition coefficient (Wildman–Crippen LogP) is 3.28. The summed E-state index contributed by atoms with van der Waals surface area (Å²) in [5.41, 5.74) is 1.52. The van der Waals surface area contributed by atoms with Gasteiger partial charge in [-0.2, -0.15) is 0 Å². The second-order valence-electron chi connectivity index (χ2n) is 4.91. The zero-order valence-corrected chi connectivity index (χ0v) is 13.5. The van der Waals surface area contributed by atoms with Crippen molar-refractivity contribution in [1.82, 2.24) is 0 Å². The number of benzene rings is 2. The SMILES string of the molecule is CC(c1ccc(OC#N)c(OC#N)c1)c1ccc(OC#N)c(OC#N)c1. The first-order valence-electron chi connectivity index (χ1n) is 7.16. The molecule has 8 nitrogen and oxygen atoms in total. The molecular weight excluding hydrogens is 336 g/mol. The molecule has 0 aliphatic carbocycles. The van der Waals surface area contributed by atoms with Crippen LogP contribution in [0.25, 0.3) is 0 Å². The highest BCUT2D eigenvalue weighted by Crippen LogP contribution is 2.36. The Kier molecular flexibility index (Phi) is 5.83. The second kappa shape index (κ2) is 8.45. The smallest absolute Gasteiger partial charge is 0.292 e. The van der Waals surface area contributed by atoms with Gasteiger partial charge in [0.1, 0.15) is 0 Å². The van der Waals surface area contributed by atoms with Gasteiger partial charge in [0.25, 0.3) is 25.0 Å². The van der Waals surface area contributed by atoms with Crippen LogP contribution in [0, 0.1) is 46.1 Å². The lowest BCUT2D eigenvalue weighted by Crippen LogP contribution is -1.99. The standard InChI is InChI=1S/C18H10N4O4/c1-12(13-2-4-15(23-8-19)17(6-13)25-10-21)14-3-5-16(24-9-20)18(7-14)26-11-22/h2-7,12H,1H3. The normalized spacial score (nSPS) is 9.15. The van der Waals surface area contributed by atoms with E-state index in [9.17, 15) is 0 Å². The Morgan fingerprint density at radius 2 is 0.962 bits per heavy atom. The zero-order valence-electron chi connectivity index (χ0n) is 13.5. The maximum atomic E-state index is 8.74. The van der Waals surface area contributed by atoms with Crippen molar-refractivity contribution in [3.05, 3.63) is 47.5 Å². The monoisotopic (exact) mass is 346 g/mol. The molecule has 2 aromatic carbocycles. The van der Waals surface area contributed by atoms with Gasteiger partial charge in [0.15, 0.2) is 23.0 Å². The largest absolute Gasteiger partial charge is 0.384 e. The highest BCUT2D eigenvalue weighted by molar-refractivity contribution is 5.50. The van der Waals surface area contributed by atoms with Crippen LogP contribution in [-0.4, -0.2) is 0 Å². The number of rotatable bonds is 6. The summed E-state index contributed by atoms with van der Waals surface area (Å²) in [6.07, 6.45) is 6.14. The molecule has 2 rings (SSSR count). The van der Waals surface area contributed by atoms with Crippen LogP contribution in [0.1, 0.15) is 24.0 Å². The van der Waals surface area contributed by atoms with Gasteiger partial charge >= 0.3 is 0 Å². The fourth-order valence-electron chi connectivity index (χ4n) is 2.31. The van der Waals surface area contributed by atoms with Crippen LogP contribution in [0.4, 0.5) is 0 Å². The van der Waals surface area contributed by atoms with Crippen LogP contribution in [0.3, 0.4) is 0 Å². The average Bonchev–Trinajstić information content (AvgIpc) is 2.65. The van der Waals surface area contributed by atoms with Crippen molar-refractivity contribution in [2.75, 3.05) is 0 Å². The molecule has 26 heavy (non-hydrogen) atoms. The maximum Gasteiger partial charge on any atom is 0.292 e. The van der Waals surface area contributed by atoms with Crippen molar-refractivity contribution in [2.45, 2.75) is 12.8 Å². The summed E-state index contributed by atoms with van der Waals surface area (Å²) in [4.78, 5) is 0. The van der Waals surface area contributed by atoms with Crippen molar-refractivity contribution in [3.63, 3.8) is 0 Å². The summed E-state index contributed by atoms with van der Waals surface area (Å²) >= 11 is 0. The predicted molar refractivity (Wildman–Crippen MR) is 85.4 cm³/mol. The van der Waals surface area contributed by atoms with E-state index in [1.54, 1.807) is 36.8 Å². The first-order valence-corrected chi connectivity index (χ1v) is 7.16. The van der Waals surface area contributed by atoms with E-state index in [2.05, 4.69) is 0 Å². The van der Waals surface area contributed by atoms with E-state index < -0.39 is 0 Å². The molecule has 126 valence electrons. The van der Waals surface area contributed by atoms with Gasteiger partial charge in [-0.05, 0) is 35.4 Å². The summed E-state index contributed by atoms with van der Waals surface area (Å²) in [6, 6.07) is 9.61. The molecular formula is C18H10N4O4. The van der Waals surface area contributed by atoms with Gasteiger partial charge in [0.2, 0.25) is 0 Å². The summed E-state index contributed by atoms with van der Waals surface area (Å²) in [5.74, 6) is 0.268. The molecule has 0 atom stereocenters. The van der Waals surface area contributed by atoms with Gasteiger partial charge in [-0.25, -0.2) is 0 Å². The molecule has 0 unspecified atom stereocenters. The lowest BCUT2D eigenvalue weighted by atomic mass is 9.92. The third-order valence-electron chi connectivity index (χ3n) is 3.56. The van der Waals surface area contributed by atoms with Crippen LogP contribution in [0.15, 0.2) is 36.4 Å². The molecule has 0 saturated heterocycles. The third-order valence-corrected chi connectivity index (χ3v) is 3.56. The first-order chi connectivity index (χ1) is 12.6. The minimum absolute atomic E-state index is 0.108. The lowest BCUT2D eigenvalue weighted by molar-refractivity contribution is 0.439. The number of hydrogen-bond acceptors (Lipinski definition) is 8. The topological polar surface area (TPSA) is 132 Å². The van der Waals surface area contributed by atoms with Crippen LogP contribution >= 0.6 is 0 Å². The molecule has 2 aromatic rings. The van der Waals surface area contributed by atoms with E-state index in [0.29, 0.717) is 0 Å². The number of nitrogens with zero attached hydrogens (tertiary/aromatic N) is 4. The van der Waals surface area contributed by atoms with E-state index in [0.717, 1.165) is 11.1 Å². The van der Waals surface area contributed by atoms with Crippen molar-refractivity contribution in [2.24, 2.45) is 0 Å². The Morgan fingerprint density at radius 3 is 1.31 bits per heavy atom. The van der Waals surface area contributed by atoms with Crippen molar-refractivity contribution in [1.29, 1.82) is 21.0 Å². The molecule has 0 aliphatic rings. The maximum absolute atomic E-state index is 8.74. The molecule has 0 aliphatic heterocycles. The summed E-state index contributed by atoms with van der Waals surface area (Å²) in [6.45, 7) is 1.88. The Hall–Kier alpha value is -4.40. The minimum atomic E-state index is -0.190. The second-order valence-corrected chi connectivity index (χ2v) is 4.91. The van der Waals surface area contributed by atoms with Gasteiger partial charge < -0.3 is 18.9 Å². The van der Waals surface area contributed by atoms with Crippen LogP contribution in [0.2, 0.25) is 0 Å². The van der Waals surface area contributed by atoms with Gasteiger partial charge in [-0.15, -0.1) is 21.0 Å². The zero-order chi connectivity index (χ0) is 18.9. The van der Waals surface area contributed by atoms with E-state index >= 15 is 0 Å². The molecule has 0 N–H and O–H groups in total. The molecule has 0 bridgehead atoms. The minimum Gasteiger partial charge on any atom is -0.384 e. The van der Waals surface area contributed by atoms with Crippen molar-refractivity contribution in [3.8, 4) is 48.0 Å². The number of hydrogen-bond donors (Lipinski definition) is 0. The molecule has 0 heterocycles. The third kappa shape index (κ3) is 3.92. The van der Waals surface area contributed by atoms with Gasteiger partial charge in [-0.1, -0.05) is 19.1 Å². The number of nitriles is 4. The van der Waals surface area contributed by atoms with Crippen molar-refractivity contribution < 1.29 is 18.9 Å². The van der Waals surface area contributed by atoms with E-state index in [1.165, 1.54) is 24.6 Å². The summed E-state index contributed by atoms with van der Waals surface area (Å²) in [5, 5.41) is 34.7. The Labute approximate surface area is 149 Å². The van der Waals surface area contributed by atoms with Crippen LogP contribution < -0.4 is 18.9 Å². The fraction of sp³-hybridized carbons (Fsp3) is 0.111. The Morgan fingerprint density at radius 1 is 0.615 bits per heavy atom. The molecule has 0 amide bonds. The van der Waals surface area contributed by atoms with Gasteiger partial charge in [0, 0.05) is 5.92 Å². The van der Waals surface area contributed by atoms with Crippen LogP contribution in [-0.2, 0) is 0 Å². The fourth-order valence-corrected chi connectivity index (χ4v) is 2.31. The molecule has 0 spiro atoms. The van der Waals surface area contributed by atoms with Gasteiger partial charge in [-0.3, -0.25) is 0 Å². The first kappa shape index (κ1) is 17.9. The van der Waals surface area contributed by atoms with Crippen LogP contribution in [0.5, 0.6) is 23.0 Å². The van der Waals surface area contributed by atoms with Crippen molar-refractivity contribution >= 4 is 0 Å². The number of ether oxygens (including phenoxy) is 4. The highest BCUT2D eigenvalue weighted by atomic mass is 16.5. The Bertz CT molecular complexity index is 897. The lowest BCUT2D eigenvalue weighted by Gasteiger charge is -2.15. The quantitative estimate of drug-likeness (QED) is 0.728. The van der Waals surface area contributed by atoms with E-state index in [-0.39, 0.29) is 28.9 Å².